The topological polar surface area (TPSA) is 12.0 Å². The maximum absolute atomic E-state index is 3.57. The van der Waals surface area contributed by atoms with Crippen molar-refractivity contribution >= 4 is 15.9 Å². The fourth-order valence-electron chi connectivity index (χ4n) is 2.31. The van der Waals surface area contributed by atoms with Crippen LogP contribution in [0.3, 0.4) is 0 Å². The summed E-state index contributed by atoms with van der Waals surface area (Å²) in [6.45, 7) is 7.40. The Labute approximate surface area is 124 Å². The lowest BCUT2D eigenvalue weighted by Crippen LogP contribution is -2.18. The Balaban J connectivity index is 1.99. The number of benzene rings is 2. The van der Waals surface area contributed by atoms with Crippen LogP contribution in [-0.4, -0.2) is 0 Å². The quantitative estimate of drug-likeness (QED) is 0.844. The van der Waals surface area contributed by atoms with E-state index in [-0.39, 0.29) is 0 Å². The monoisotopic (exact) mass is 317 g/mol. The van der Waals surface area contributed by atoms with E-state index in [1.807, 2.05) is 0 Å². The van der Waals surface area contributed by atoms with E-state index in [0.29, 0.717) is 6.04 Å². The molecule has 0 aliphatic heterocycles. The maximum atomic E-state index is 3.57. The standard InChI is InChI=1S/C17H20BrN/c1-12-8-13(2)10-15(9-12)11-19-14(3)16-4-6-17(18)7-5-16/h4-10,14,19H,11H2,1-3H3. The Kier molecular flexibility index (Phi) is 4.78. The highest BCUT2D eigenvalue weighted by Gasteiger charge is 2.05. The van der Waals surface area contributed by atoms with Crippen molar-refractivity contribution in [3.63, 3.8) is 0 Å². The largest absolute Gasteiger partial charge is 0.306 e. The van der Waals surface area contributed by atoms with Gasteiger partial charge in [-0.2, -0.15) is 0 Å². The summed E-state index contributed by atoms with van der Waals surface area (Å²) < 4.78 is 1.12. The van der Waals surface area contributed by atoms with Crippen LogP contribution in [0.5, 0.6) is 0 Å². The summed E-state index contributed by atoms with van der Waals surface area (Å²) in [5.74, 6) is 0. The van der Waals surface area contributed by atoms with Gasteiger partial charge in [0, 0.05) is 17.1 Å². The van der Waals surface area contributed by atoms with E-state index in [0.717, 1.165) is 11.0 Å². The fraction of sp³-hybridized carbons (Fsp3) is 0.294. The number of rotatable bonds is 4. The zero-order valence-electron chi connectivity index (χ0n) is 11.7. The molecule has 0 aliphatic carbocycles. The number of halogens is 1. The molecule has 0 aliphatic rings. The van der Waals surface area contributed by atoms with Gasteiger partial charge in [0.1, 0.15) is 0 Å². The van der Waals surface area contributed by atoms with E-state index in [1.54, 1.807) is 0 Å². The average Bonchev–Trinajstić information content (AvgIpc) is 2.36. The first-order chi connectivity index (χ1) is 9.04. The van der Waals surface area contributed by atoms with Crippen molar-refractivity contribution in [2.24, 2.45) is 0 Å². The number of hydrogen-bond donors (Lipinski definition) is 1. The van der Waals surface area contributed by atoms with Gasteiger partial charge in [0.25, 0.3) is 0 Å². The molecule has 0 fully saturated rings. The molecule has 0 bridgehead atoms. The molecule has 0 spiro atoms. The predicted octanol–water partition coefficient (Wildman–Crippen LogP) is 4.92. The van der Waals surface area contributed by atoms with Crippen molar-refractivity contribution in [3.05, 3.63) is 69.2 Å². The second-order valence-corrected chi connectivity index (χ2v) is 6.07. The second kappa shape index (κ2) is 6.36. The van der Waals surface area contributed by atoms with E-state index in [9.17, 15) is 0 Å². The molecule has 2 aromatic rings. The first-order valence-electron chi connectivity index (χ1n) is 6.60. The van der Waals surface area contributed by atoms with Gasteiger partial charge < -0.3 is 5.32 Å². The van der Waals surface area contributed by atoms with E-state index in [2.05, 4.69) is 84.5 Å². The summed E-state index contributed by atoms with van der Waals surface area (Å²) in [5, 5.41) is 3.57. The molecule has 2 aromatic carbocycles. The molecule has 0 heterocycles. The van der Waals surface area contributed by atoms with Gasteiger partial charge in [-0.3, -0.25) is 0 Å². The molecule has 19 heavy (non-hydrogen) atoms. The van der Waals surface area contributed by atoms with Gasteiger partial charge in [0.15, 0.2) is 0 Å². The third kappa shape index (κ3) is 4.19. The molecule has 1 N–H and O–H groups in total. The van der Waals surface area contributed by atoms with Gasteiger partial charge in [0.2, 0.25) is 0 Å². The van der Waals surface area contributed by atoms with Crippen LogP contribution in [0.1, 0.15) is 35.2 Å². The Morgan fingerprint density at radius 3 is 2.16 bits per heavy atom. The molecule has 0 aromatic heterocycles. The smallest absolute Gasteiger partial charge is 0.0294 e. The molecule has 100 valence electrons. The third-order valence-electron chi connectivity index (χ3n) is 3.26. The fourth-order valence-corrected chi connectivity index (χ4v) is 2.58. The Morgan fingerprint density at radius 1 is 1.00 bits per heavy atom. The Morgan fingerprint density at radius 2 is 1.58 bits per heavy atom. The van der Waals surface area contributed by atoms with Gasteiger partial charge in [-0.15, -0.1) is 0 Å². The number of aryl methyl sites for hydroxylation is 2. The molecule has 1 nitrogen and oxygen atoms in total. The van der Waals surface area contributed by atoms with Crippen LogP contribution < -0.4 is 5.32 Å². The van der Waals surface area contributed by atoms with Gasteiger partial charge in [0.05, 0.1) is 0 Å². The minimum atomic E-state index is 0.355. The summed E-state index contributed by atoms with van der Waals surface area (Å²) in [4.78, 5) is 0. The van der Waals surface area contributed by atoms with Crippen LogP contribution >= 0.6 is 15.9 Å². The van der Waals surface area contributed by atoms with Gasteiger partial charge >= 0.3 is 0 Å². The van der Waals surface area contributed by atoms with Crippen LogP contribution in [0.15, 0.2) is 46.9 Å². The normalized spacial score (nSPS) is 12.4. The summed E-state index contributed by atoms with van der Waals surface area (Å²) in [6.07, 6.45) is 0. The van der Waals surface area contributed by atoms with Crippen molar-refractivity contribution in [3.8, 4) is 0 Å². The Hall–Kier alpha value is -1.12. The first kappa shape index (κ1) is 14.3. The van der Waals surface area contributed by atoms with Crippen molar-refractivity contribution in [1.29, 1.82) is 0 Å². The van der Waals surface area contributed by atoms with Crippen molar-refractivity contribution < 1.29 is 0 Å². The van der Waals surface area contributed by atoms with E-state index >= 15 is 0 Å². The summed E-state index contributed by atoms with van der Waals surface area (Å²) in [5.41, 5.74) is 5.32. The number of nitrogens with one attached hydrogen (secondary N) is 1. The van der Waals surface area contributed by atoms with Crippen molar-refractivity contribution in [2.75, 3.05) is 0 Å². The third-order valence-corrected chi connectivity index (χ3v) is 3.79. The van der Waals surface area contributed by atoms with Crippen LogP contribution in [0, 0.1) is 13.8 Å². The average molecular weight is 318 g/mol. The molecular formula is C17H20BrN. The molecule has 0 amide bonds. The maximum Gasteiger partial charge on any atom is 0.0294 e. The summed E-state index contributed by atoms with van der Waals surface area (Å²) in [7, 11) is 0. The summed E-state index contributed by atoms with van der Waals surface area (Å²) >= 11 is 3.47. The molecule has 2 rings (SSSR count). The van der Waals surface area contributed by atoms with Crippen LogP contribution in [-0.2, 0) is 6.54 Å². The zero-order chi connectivity index (χ0) is 13.8. The highest BCUT2D eigenvalue weighted by molar-refractivity contribution is 9.10. The van der Waals surface area contributed by atoms with E-state index in [4.69, 9.17) is 0 Å². The molecule has 2 heteroatoms. The molecule has 0 saturated heterocycles. The van der Waals surface area contributed by atoms with Gasteiger partial charge in [-0.1, -0.05) is 57.4 Å². The molecule has 0 saturated carbocycles. The summed E-state index contributed by atoms with van der Waals surface area (Å²) in [6, 6.07) is 15.5. The van der Waals surface area contributed by atoms with E-state index < -0.39 is 0 Å². The highest BCUT2D eigenvalue weighted by atomic mass is 79.9. The SMILES string of the molecule is Cc1cc(C)cc(CNC(C)c2ccc(Br)cc2)c1. The second-order valence-electron chi connectivity index (χ2n) is 5.15. The van der Waals surface area contributed by atoms with Crippen LogP contribution in [0.2, 0.25) is 0 Å². The van der Waals surface area contributed by atoms with Crippen molar-refractivity contribution in [1.82, 2.24) is 5.32 Å². The molecule has 1 unspecified atom stereocenters. The Bertz CT molecular complexity index is 525. The lowest BCUT2D eigenvalue weighted by Gasteiger charge is -2.15. The van der Waals surface area contributed by atoms with Gasteiger partial charge in [-0.25, -0.2) is 0 Å². The highest BCUT2D eigenvalue weighted by Crippen LogP contribution is 2.17. The minimum Gasteiger partial charge on any atom is -0.306 e. The minimum absolute atomic E-state index is 0.355. The lowest BCUT2D eigenvalue weighted by molar-refractivity contribution is 0.574. The molecule has 1 atom stereocenters. The lowest BCUT2D eigenvalue weighted by atomic mass is 10.1. The van der Waals surface area contributed by atoms with E-state index in [1.165, 1.54) is 22.3 Å². The molecule has 0 radical (unpaired) electrons. The van der Waals surface area contributed by atoms with Crippen LogP contribution in [0.4, 0.5) is 0 Å². The van der Waals surface area contributed by atoms with Crippen LogP contribution in [0.25, 0.3) is 0 Å². The van der Waals surface area contributed by atoms with Crippen molar-refractivity contribution in [2.45, 2.75) is 33.4 Å². The first-order valence-corrected chi connectivity index (χ1v) is 7.40. The number of hydrogen-bond acceptors (Lipinski definition) is 1. The predicted molar refractivity (Wildman–Crippen MR) is 85.3 cm³/mol. The van der Waals surface area contributed by atoms with Gasteiger partial charge in [-0.05, 0) is 44.0 Å². The molecular weight excluding hydrogens is 298 g/mol. The zero-order valence-corrected chi connectivity index (χ0v) is 13.3.